The molecule has 0 atom stereocenters. The number of nitrogens with one attached hydrogen (secondary N) is 2. The monoisotopic (exact) mass is 860 g/mol. The number of carbonyl (C=O) groups is 5. The maximum absolute atomic E-state index is 13.3. The van der Waals surface area contributed by atoms with E-state index < -0.39 is 53.0 Å². The van der Waals surface area contributed by atoms with E-state index in [9.17, 15) is 46.6 Å². The normalized spacial score (nSPS) is 10.7. The van der Waals surface area contributed by atoms with Gasteiger partial charge in [-0.2, -0.15) is 0 Å². The van der Waals surface area contributed by atoms with Gasteiger partial charge in [0.15, 0.2) is 34.6 Å². The van der Waals surface area contributed by atoms with Crippen LogP contribution in [0.4, 0.5) is 17.6 Å². The number of esters is 2. The van der Waals surface area contributed by atoms with Gasteiger partial charge in [0.25, 0.3) is 11.8 Å². The number of hydrogen-bond acceptors (Lipinski definition) is 9. The molecule has 0 spiro atoms. The highest BCUT2D eigenvalue weighted by Gasteiger charge is 2.22. The lowest BCUT2D eigenvalue weighted by molar-refractivity contribution is 0.0583. The number of fused-ring (bicyclic) bond motifs is 2. The van der Waals surface area contributed by atoms with Gasteiger partial charge in [0, 0.05) is 37.6 Å². The van der Waals surface area contributed by atoms with E-state index in [1.165, 1.54) is 46.4 Å². The van der Waals surface area contributed by atoms with Crippen LogP contribution in [0.5, 0.6) is 0 Å². The Balaban J connectivity index is 0.000000208. The van der Waals surface area contributed by atoms with E-state index in [1.54, 1.807) is 12.3 Å². The van der Waals surface area contributed by atoms with Crippen molar-refractivity contribution in [2.24, 2.45) is 0 Å². The molecule has 0 unspecified atom stereocenters. The van der Waals surface area contributed by atoms with Crippen LogP contribution in [0.1, 0.15) is 63.4 Å². The van der Waals surface area contributed by atoms with Crippen molar-refractivity contribution in [2.75, 3.05) is 14.2 Å². The van der Waals surface area contributed by atoms with Crippen LogP contribution in [0, 0.1) is 26.8 Å². The van der Waals surface area contributed by atoms with Crippen molar-refractivity contribution in [3.05, 3.63) is 139 Å². The van der Waals surface area contributed by atoms with Crippen LogP contribution in [0.3, 0.4) is 0 Å². The second-order valence-electron chi connectivity index (χ2n) is 11.0. The predicted octanol–water partition coefficient (Wildman–Crippen LogP) is 4.96. The van der Waals surface area contributed by atoms with E-state index in [1.807, 2.05) is 22.6 Å². The number of carboxylic acids is 1. The van der Waals surface area contributed by atoms with E-state index in [4.69, 9.17) is 4.74 Å². The molecule has 0 aliphatic rings. The molecule has 2 aromatic carbocycles. The third kappa shape index (κ3) is 8.46. The van der Waals surface area contributed by atoms with Gasteiger partial charge >= 0.3 is 17.9 Å². The maximum Gasteiger partial charge on any atom is 0.355 e. The minimum absolute atomic E-state index is 0.0112. The van der Waals surface area contributed by atoms with Crippen LogP contribution in [-0.2, 0) is 22.6 Å². The fourth-order valence-electron chi connectivity index (χ4n) is 4.89. The molecule has 6 rings (SSSR count). The molecule has 0 aliphatic carbocycles. The lowest BCUT2D eigenvalue weighted by Gasteiger charge is -2.09. The summed E-state index contributed by atoms with van der Waals surface area (Å²) in [7, 11) is 2.38. The van der Waals surface area contributed by atoms with Crippen LogP contribution >= 0.6 is 22.6 Å². The molecular formula is C35H25F4IN6O8. The summed E-state index contributed by atoms with van der Waals surface area (Å²) in [6.07, 6.45) is 2.97. The lowest BCUT2D eigenvalue weighted by Crippen LogP contribution is -2.25. The molecule has 278 valence electrons. The Labute approximate surface area is 314 Å². The quantitative estimate of drug-likeness (QED) is 0.102. The highest BCUT2D eigenvalue weighted by molar-refractivity contribution is 14.1. The van der Waals surface area contributed by atoms with Crippen LogP contribution in [0.25, 0.3) is 11.3 Å². The van der Waals surface area contributed by atoms with Gasteiger partial charge in [-0.05, 0) is 70.1 Å². The average molecular weight is 861 g/mol. The summed E-state index contributed by atoms with van der Waals surface area (Å²) in [4.78, 5) is 68.4. The van der Waals surface area contributed by atoms with Crippen molar-refractivity contribution in [2.45, 2.75) is 13.1 Å². The van der Waals surface area contributed by atoms with Crippen LogP contribution in [0.2, 0.25) is 0 Å². The first kappa shape index (κ1) is 38.8. The summed E-state index contributed by atoms with van der Waals surface area (Å²) < 4.78 is 65.3. The van der Waals surface area contributed by atoms with Gasteiger partial charge < -0.3 is 25.2 Å². The van der Waals surface area contributed by atoms with E-state index in [-0.39, 0.29) is 47.1 Å². The van der Waals surface area contributed by atoms with Gasteiger partial charge in [0.05, 0.1) is 17.8 Å². The number of amides is 2. The van der Waals surface area contributed by atoms with Gasteiger partial charge in [0.2, 0.25) is 0 Å². The first-order chi connectivity index (χ1) is 25.7. The maximum atomic E-state index is 13.3. The van der Waals surface area contributed by atoms with Crippen molar-refractivity contribution in [3.8, 4) is 0 Å². The molecule has 3 N–H and O–H groups in total. The standard InChI is InChI=1S/C18H13F2N3O5.C17H12F2IN3O3/c1-28-18(27)14-7-13(22-15-10(17(25)26)4-5-23(14)15)16(24)21-8-9-2-3-11(19)12(20)6-9;1-26-17(25)14-7-13(22-15-12(20)4-5-23(14)15)16(24)21-8-9-2-3-10(18)11(19)6-9/h2-7H,8H2,1H3,(H,21,24)(H,25,26);2-7H,8H2,1H3,(H,21,24). The van der Waals surface area contributed by atoms with Crippen molar-refractivity contribution in [1.29, 1.82) is 0 Å². The second-order valence-corrected chi connectivity index (χ2v) is 12.1. The Bertz CT molecular complexity index is 2470. The fourth-order valence-corrected chi connectivity index (χ4v) is 5.43. The molecule has 4 aromatic heterocycles. The Morgan fingerprint density at radius 1 is 0.667 bits per heavy atom. The lowest BCUT2D eigenvalue weighted by atomic mass is 10.2. The molecule has 2 amide bonds. The molecule has 0 bridgehead atoms. The summed E-state index contributed by atoms with van der Waals surface area (Å²) >= 11 is 2.04. The molecule has 14 nitrogen and oxygen atoms in total. The summed E-state index contributed by atoms with van der Waals surface area (Å²) in [5, 5.41) is 14.3. The van der Waals surface area contributed by atoms with Crippen molar-refractivity contribution in [1.82, 2.24) is 29.4 Å². The molecule has 0 radical (unpaired) electrons. The van der Waals surface area contributed by atoms with E-state index in [0.717, 1.165) is 41.0 Å². The number of methoxy groups -OCH3 is 2. The molecule has 0 aliphatic heterocycles. The number of carbonyl (C=O) groups excluding carboxylic acids is 4. The fraction of sp³-hybridized carbons (Fsp3) is 0.114. The molecule has 0 saturated heterocycles. The summed E-state index contributed by atoms with van der Waals surface area (Å²) in [6.45, 7) is -0.155. The Hall–Kier alpha value is -6.38. The number of nitrogens with zero attached hydrogens (tertiary/aromatic N) is 4. The van der Waals surface area contributed by atoms with Crippen molar-refractivity contribution >= 4 is 63.6 Å². The Morgan fingerprint density at radius 2 is 1.11 bits per heavy atom. The molecule has 54 heavy (non-hydrogen) atoms. The van der Waals surface area contributed by atoms with E-state index >= 15 is 0 Å². The molecule has 6 aromatic rings. The van der Waals surface area contributed by atoms with Gasteiger partial charge in [0.1, 0.15) is 28.3 Å². The molecule has 0 saturated carbocycles. The summed E-state index contributed by atoms with van der Waals surface area (Å²) in [5.41, 5.74) is 0.629. The highest BCUT2D eigenvalue weighted by Crippen LogP contribution is 2.19. The topological polar surface area (TPSA) is 183 Å². The average Bonchev–Trinajstić information content (AvgIpc) is 3.78. The third-order valence-corrected chi connectivity index (χ3v) is 8.39. The zero-order chi connectivity index (χ0) is 39.3. The number of benzene rings is 2. The highest BCUT2D eigenvalue weighted by atomic mass is 127. The molecule has 19 heteroatoms. The van der Waals surface area contributed by atoms with Gasteiger partial charge in [-0.25, -0.2) is 41.9 Å². The largest absolute Gasteiger partial charge is 0.478 e. The van der Waals surface area contributed by atoms with Crippen molar-refractivity contribution < 1.29 is 56.1 Å². The number of ether oxygens (including phenoxy) is 2. The molecular weight excluding hydrogens is 835 g/mol. The van der Waals surface area contributed by atoms with E-state index in [2.05, 4.69) is 25.3 Å². The number of aromatic carboxylic acids is 1. The van der Waals surface area contributed by atoms with Gasteiger partial charge in [-0.1, -0.05) is 12.1 Å². The first-order valence-corrected chi connectivity index (χ1v) is 16.3. The van der Waals surface area contributed by atoms with Crippen LogP contribution in [-0.4, -0.2) is 67.8 Å². The van der Waals surface area contributed by atoms with Crippen LogP contribution in [0.15, 0.2) is 73.1 Å². The zero-order valence-corrected chi connectivity index (χ0v) is 30.0. The molecule has 0 fully saturated rings. The number of aromatic nitrogens is 4. The van der Waals surface area contributed by atoms with Crippen molar-refractivity contribution in [3.63, 3.8) is 0 Å². The number of halogens is 5. The van der Waals surface area contributed by atoms with E-state index in [0.29, 0.717) is 16.8 Å². The Morgan fingerprint density at radius 3 is 1.56 bits per heavy atom. The first-order valence-electron chi connectivity index (χ1n) is 15.3. The predicted molar refractivity (Wildman–Crippen MR) is 188 cm³/mol. The SMILES string of the molecule is COC(=O)c1cc(C(=O)NCc2ccc(F)c(F)c2)nc2c(C(=O)O)ccn12.COC(=O)c1cc(C(=O)NCc2ccc(F)c(F)c2)nc2c(I)ccn12. The number of rotatable bonds is 9. The minimum Gasteiger partial charge on any atom is -0.478 e. The minimum atomic E-state index is -1.29. The number of carboxylic acid groups (broad SMARTS) is 1. The third-order valence-electron chi connectivity index (χ3n) is 7.55. The summed E-state index contributed by atoms with van der Waals surface area (Å²) in [6, 6.07) is 12.0. The zero-order valence-electron chi connectivity index (χ0n) is 27.8. The summed E-state index contributed by atoms with van der Waals surface area (Å²) in [5.74, 6) is -8.02. The number of hydrogen-bond donors (Lipinski definition) is 3. The molecule has 4 heterocycles. The van der Waals surface area contributed by atoms with Gasteiger partial charge in [-0.15, -0.1) is 0 Å². The van der Waals surface area contributed by atoms with Crippen LogP contribution < -0.4 is 10.6 Å². The van der Waals surface area contributed by atoms with Gasteiger partial charge in [-0.3, -0.25) is 18.4 Å². The Kier molecular flexibility index (Phi) is 11.9. The second kappa shape index (κ2) is 16.5. The smallest absolute Gasteiger partial charge is 0.355 e.